The summed E-state index contributed by atoms with van der Waals surface area (Å²) in [6.07, 6.45) is 3.66. The highest BCUT2D eigenvalue weighted by Gasteiger charge is 2.54. The van der Waals surface area contributed by atoms with Crippen molar-refractivity contribution in [3.8, 4) is 0 Å². The fourth-order valence-corrected chi connectivity index (χ4v) is 7.68. The molecule has 0 saturated carbocycles. The third kappa shape index (κ3) is 4.81. The first-order chi connectivity index (χ1) is 14.3. The topological polar surface area (TPSA) is 37.4 Å². The highest BCUT2D eigenvalue weighted by atomic mass is 32.2. The zero-order chi connectivity index (χ0) is 22.3. The van der Waals surface area contributed by atoms with Crippen LogP contribution in [0.3, 0.4) is 0 Å². The van der Waals surface area contributed by atoms with Crippen LogP contribution in [0.4, 0.5) is 0 Å². The van der Waals surface area contributed by atoms with E-state index < -0.39 is 14.8 Å². The molecule has 0 spiro atoms. The molecule has 0 fully saturated rings. The van der Waals surface area contributed by atoms with E-state index in [0.717, 1.165) is 24.0 Å². The van der Waals surface area contributed by atoms with Gasteiger partial charge in [0.2, 0.25) is 10.0 Å². The molecule has 30 heavy (non-hydrogen) atoms. The van der Waals surface area contributed by atoms with Crippen LogP contribution >= 0.6 is 0 Å². The maximum absolute atomic E-state index is 14.3. The Bertz CT molecular complexity index is 854. The first kappa shape index (κ1) is 24.6. The Morgan fingerprint density at radius 2 is 1.20 bits per heavy atom. The molecule has 2 aromatic carbocycles. The zero-order valence-corrected chi connectivity index (χ0v) is 20.2. The Kier molecular flexibility index (Phi) is 8.69. The van der Waals surface area contributed by atoms with Crippen LogP contribution in [-0.4, -0.2) is 24.0 Å². The van der Waals surface area contributed by atoms with E-state index in [1.807, 2.05) is 62.4 Å². The fourth-order valence-electron chi connectivity index (χ4n) is 4.89. The molecular weight excluding hydrogens is 390 g/mol. The Morgan fingerprint density at radius 1 is 0.733 bits per heavy atom. The van der Waals surface area contributed by atoms with Gasteiger partial charge in [-0.1, -0.05) is 95.3 Å². The van der Waals surface area contributed by atoms with Gasteiger partial charge in [-0.05, 0) is 48.6 Å². The van der Waals surface area contributed by atoms with E-state index in [9.17, 15) is 8.42 Å². The molecule has 0 amide bonds. The predicted molar refractivity (Wildman–Crippen MR) is 128 cm³/mol. The van der Waals surface area contributed by atoms with Crippen LogP contribution in [0.15, 0.2) is 60.7 Å². The molecular formula is C26H39NO2S. The van der Waals surface area contributed by atoms with Crippen molar-refractivity contribution >= 4 is 10.0 Å². The average Bonchev–Trinajstić information content (AvgIpc) is 2.78. The minimum Gasteiger partial charge on any atom is -0.212 e. The summed E-state index contributed by atoms with van der Waals surface area (Å²) < 4.78 is 29.6. The van der Waals surface area contributed by atoms with Crippen molar-refractivity contribution in [2.75, 3.05) is 6.54 Å². The van der Waals surface area contributed by atoms with Gasteiger partial charge in [0.05, 0.1) is 4.75 Å². The maximum Gasteiger partial charge on any atom is 0.220 e. The maximum atomic E-state index is 14.3. The van der Waals surface area contributed by atoms with Crippen LogP contribution in [0.1, 0.15) is 71.4 Å². The van der Waals surface area contributed by atoms with Gasteiger partial charge in [0.25, 0.3) is 0 Å². The molecule has 0 saturated heterocycles. The number of benzene rings is 2. The normalized spacial score (nSPS) is 13.0. The summed E-state index contributed by atoms with van der Waals surface area (Å²) in [5.41, 5.74) is 1.93. The smallest absolute Gasteiger partial charge is 0.212 e. The van der Waals surface area contributed by atoms with Gasteiger partial charge in [-0.3, -0.25) is 0 Å². The SMILES string of the molecule is CCC(C)(CC)C(CC)(CC)S(=O)(=O)N(CCc1ccccc1)Cc1ccccc1. The van der Waals surface area contributed by atoms with Crippen molar-refractivity contribution in [3.05, 3.63) is 71.8 Å². The van der Waals surface area contributed by atoms with Crippen molar-refractivity contribution in [2.24, 2.45) is 5.41 Å². The summed E-state index contributed by atoms with van der Waals surface area (Å²) in [7, 11) is -3.54. The number of hydrogen-bond donors (Lipinski definition) is 0. The third-order valence-corrected chi connectivity index (χ3v) is 10.4. The molecule has 0 heterocycles. The third-order valence-electron chi connectivity index (χ3n) is 7.33. The van der Waals surface area contributed by atoms with E-state index in [0.29, 0.717) is 32.4 Å². The molecule has 2 rings (SSSR count). The van der Waals surface area contributed by atoms with E-state index in [1.165, 1.54) is 0 Å². The monoisotopic (exact) mass is 429 g/mol. The van der Waals surface area contributed by atoms with Crippen LogP contribution in [0.2, 0.25) is 0 Å². The van der Waals surface area contributed by atoms with Gasteiger partial charge in [-0.15, -0.1) is 0 Å². The van der Waals surface area contributed by atoms with Crippen LogP contribution in [0.5, 0.6) is 0 Å². The van der Waals surface area contributed by atoms with Gasteiger partial charge in [0.1, 0.15) is 0 Å². The van der Waals surface area contributed by atoms with E-state index in [2.05, 4.69) is 32.9 Å². The molecule has 0 aliphatic carbocycles. The highest BCUT2D eigenvalue weighted by Crippen LogP contribution is 2.49. The minimum atomic E-state index is -3.54. The minimum absolute atomic E-state index is 0.267. The van der Waals surface area contributed by atoms with Gasteiger partial charge in [0.15, 0.2) is 0 Å². The second-order valence-corrected chi connectivity index (χ2v) is 10.8. The molecule has 0 atom stereocenters. The van der Waals surface area contributed by atoms with E-state index in [1.54, 1.807) is 4.31 Å². The summed E-state index contributed by atoms with van der Waals surface area (Å²) in [5, 5.41) is 0. The number of hydrogen-bond acceptors (Lipinski definition) is 2. The summed E-state index contributed by atoms with van der Waals surface area (Å²) in [6.45, 7) is 11.4. The van der Waals surface area contributed by atoms with Crippen LogP contribution in [0.25, 0.3) is 0 Å². The molecule has 4 heteroatoms. The largest absolute Gasteiger partial charge is 0.220 e. The zero-order valence-electron chi connectivity index (χ0n) is 19.4. The number of rotatable bonds is 12. The molecule has 3 nitrogen and oxygen atoms in total. The second kappa shape index (κ2) is 10.6. The molecule has 166 valence electrons. The summed E-state index contributed by atoms with van der Waals surface area (Å²) in [6, 6.07) is 20.1. The summed E-state index contributed by atoms with van der Waals surface area (Å²) in [5.74, 6) is 0. The quantitative estimate of drug-likeness (QED) is 0.389. The van der Waals surface area contributed by atoms with Crippen molar-refractivity contribution in [1.29, 1.82) is 0 Å². The van der Waals surface area contributed by atoms with Crippen molar-refractivity contribution < 1.29 is 8.42 Å². The van der Waals surface area contributed by atoms with Crippen molar-refractivity contribution in [1.82, 2.24) is 4.31 Å². The van der Waals surface area contributed by atoms with Gasteiger partial charge in [0, 0.05) is 13.1 Å². The molecule has 0 unspecified atom stereocenters. The average molecular weight is 430 g/mol. The van der Waals surface area contributed by atoms with E-state index in [-0.39, 0.29) is 5.41 Å². The van der Waals surface area contributed by atoms with Crippen LogP contribution in [0, 0.1) is 5.41 Å². The lowest BCUT2D eigenvalue weighted by Crippen LogP contribution is -2.57. The predicted octanol–water partition coefficient (Wildman–Crippen LogP) is 6.45. The van der Waals surface area contributed by atoms with E-state index >= 15 is 0 Å². The fraction of sp³-hybridized carbons (Fsp3) is 0.538. The standard InChI is InChI=1S/C26H39NO2S/c1-6-25(5,7-2)26(8-3,9-4)30(28,29)27(22-24-18-14-11-15-19-24)21-20-23-16-12-10-13-17-23/h10-19H,6-9,20-22H2,1-5H3. The molecule has 0 aromatic heterocycles. The lowest BCUT2D eigenvalue weighted by Gasteiger charge is -2.49. The van der Waals surface area contributed by atoms with Gasteiger partial charge in [-0.2, -0.15) is 4.31 Å². The van der Waals surface area contributed by atoms with Gasteiger partial charge >= 0.3 is 0 Å². The Hall–Kier alpha value is -1.65. The Balaban J connectivity index is 2.49. The number of nitrogens with zero attached hydrogens (tertiary/aromatic N) is 1. The first-order valence-electron chi connectivity index (χ1n) is 11.4. The Morgan fingerprint density at radius 3 is 1.63 bits per heavy atom. The van der Waals surface area contributed by atoms with E-state index in [4.69, 9.17) is 0 Å². The molecule has 0 N–H and O–H groups in total. The molecule has 0 aliphatic heterocycles. The molecule has 0 aliphatic rings. The molecule has 2 aromatic rings. The highest BCUT2D eigenvalue weighted by molar-refractivity contribution is 7.90. The van der Waals surface area contributed by atoms with Crippen LogP contribution < -0.4 is 0 Å². The van der Waals surface area contributed by atoms with Gasteiger partial charge < -0.3 is 0 Å². The second-order valence-electron chi connectivity index (χ2n) is 8.53. The molecule has 0 bridgehead atoms. The molecule has 0 radical (unpaired) electrons. The lowest BCUT2D eigenvalue weighted by molar-refractivity contribution is 0.170. The first-order valence-corrected chi connectivity index (χ1v) is 12.8. The van der Waals surface area contributed by atoms with Crippen molar-refractivity contribution in [3.63, 3.8) is 0 Å². The lowest BCUT2D eigenvalue weighted by atomic mass is 9.69. The van der Waals surface area contributed by atoms with Crippen molar-refractivity contribution in [2.45, 2.75) is 78.0 Å². The van der Waals surface area contributed by atoms with Gasteiger partial charge in [-0.25, -0.2) is 8.42 Å². The summed E-state index contributed by atoms with van der Waals surface area (Å²) in [4.78, 5) is 0. The van der Waals surface area contributed by atoms with Crippen LogP contribution in [-0.2, 0) is 23.0 Å². The summed E-state index contributed by atoms with van der Waals surface area (Å²) >= 11 is 0. The Labute approximate surface area is 184 Å². The number of sulfonamides is 1.